The van der Waals surface area contributed by atoms with Crippen LogP contribution in [0.2, 0.25) is 0 Å². The van der Waals surface area contributed by atoms with Crippen LogP contribution in [-0.2, 0) is 4.79 Å². The summed E-state index contributed by atoms with van der Waals surface area (Å²) in [6, 6.07) is 0. The van der Waals surface area contributed by atoms with Crippen molar-refractivity contribution in [2.24, 2.45) is 16.7 Å². The van der Waals surface area contributed by atoms with Gasteiger partial charge in [0.2, 0.25) is 0 Å². The molecule has 2 saturated carbocycles. The topological polar surface area (TPSA) is 17.1 Å². The summed E-state index contributed by atoms with van der Waals surface area (Å²) in [5, 5.41) is 0. The molecule has 2 aliphatic rings. The van der Waals surface area contributed by atoms with Gasteiger partial charge in [-0.3, -0.25) is 4.79 Å². The van der Waals surface area contributed by atoms with E-state index in [1.165, 1.54) is 0 Å². The monoisotopic (exact) mass is 264 g/mol. The summed E-state index contributed by atoms with van der Waals surface area (Å²) in [4.78, 5) is 11.9. The van der Waals surface area contributed by atoms with E-state index in [0.29, 0.717) is 18.1 Å². The molecule has 0 spiro atoms. The number of halogens is 2. The fourth-order valence-electron chi connectivity index (χ4n) is 2.97. The number of hydrogen-bond donors (Lipinski definition) is 0. The first-order chi connectivity index (χ1) is 5.73. The van der Waals surface area contributed by atoms with Crippen molar-refractivity contribution in [1.29, 1.82) is 0 Å². The molecule has 74 valence electrons. The SMILES string of the molecule is CC1(C)C2CC(=O)C1(C)C(Cl)(Br)C2. The van der Waals surface area contributed by atoms with Crippen molar-refractivity contribution in [3.05, 3.63) is 0 Å². The zero-order valence-corrected chi connectivity index (χ0v) is 10.5. The second kappa shape index (κ2) is 2.33. The summed E-state index contributed by atoms with van der Waals surface area (Å²) in [5.74, 6) is 0.766. The highest BCUT2D eigenvalue weighted by atomic mass is 79.9. The van der Waals surface area contributed by atoms with Gasteiger partial charge in [-0.2, -0.15) is 0 Å². The van der Waals surface area contributed by atoms with Gasteiger partial charge in [-0.25, -0.2) is 0 Å². The van der Waals surface area contributed by atoms with Crippen molar-refractivity contribution in [1.82, 2.24) is 0 Å². The van der Waals surface area contributed by atoms with Crippen LogP contribution < -0.4 is 0 Å². The molecule has 1 nitrogen and oxygen atoms in total. The van der Waals surface area contributed by atoms with E-state index >= 15 is 0 Å². The van der Waals surface area contributed by atoms with Crippen molar-refractivity contribution < 1.29 is 4.79 Å². The van der Waals surface area contributed by atoms with Crippen molar-refractivity contribution in [3.8, 4) is 0 Å². The third kappa shape index (κ3) is 0.872. The minimum Gasteiger partial charge on any atom is -0.299 e. The van der Waals surface area contributed by atoms with E-state index in [4.69, 9.17) is 11.6 Å². The van der Waals surface area contributed by atoms with Gasteiger partial charge < -0.3 is 0 Å². The van der Waals surface area contributed by atoms with E-state index < -0.39 is 9.20 Å². The lowest BCUT2D eigenvalue weighted by atomic mass is 9.70. The molecule has 3 atom stereocenters. The normalized spacial score (nSPS) is 53.0. The van der Waals surface area contributed by atoms with E-state index in [1.807, 2.05) is 6.92 Å². The molecule has 0 amide bonds. The van der Waals surface area contributed by atoms with Crippen LogP contribution in [0.25, 0.3) is 0 Å². The van der Waals surface area contributed by atoms with E-state index in [0.717, 1.165) is 6.42 Å². The Morgan fingerprint density at radius 3 is 2.23 bits per heavy atom. The van der Waals surface area contributed by atoms with Crippen LogP contribution in [-0.4, -0.2) is 9.57 Å². The molecule has 2 aliphatic carbocycles. The van der Waals surface area contributed by atoms with Crippen molar-refractivity contribution >= 4 is 33.3 Å². The number of hydrogen-bond acceptors (Lipinski definition) is 1. The zero-order chi connectivity index (χ0) is 10.1. The number of carbonyl (C=O) groups excluding carboxylic acids is 1. The number of fused-ring (bicyclic) bond motifs is 2. The second-order valence-electron chi connectivity index (χ2n) is 5.08. The molecule has 13 heavy (non-hydrogen) atoms. The molecular weight excluding hydrogens is 251 g/mol. The van der Waals surface area contributed by atoms with E-state index in [1.54, 1.807) is 0 Å². The summed E-state index contributed by atoms with van der Waals surface area (Å²) in [5.41, 5.74) is -0.360. The Kier molecular flexibility index (Phi) is 1.79. The molecule has 0 aromatic carbocycles. The smallest absolute Gasteiger partial charge is 0.142 e. The first kappa shape index (κ1) is 9.97. The van der Waals surface area contributed by atoms with Crippen molar-refractivity contribution in [2.45, 2.75) is 37.4 Å². The molecule has 2 fully saturated rings. The average Bonchev–Trinajstić information content (AvgIpc) is 2.18. The molecule has 0 radical (unpaired) electrons. The van der Waals surface area contributed by atoms with Crippen LogP contribution in [0.3, 0.4) is 0 Å². The number of carbonyl (C=O) groups is 1. The van der Waals surface area contributed by atoms with Gasteiger partial charge >= 0.3 is 0 Å². The number of alkyl halides is 2. The predicted molar refractivity (Wildman–Crippen MR) is 57.1 cm³/mol. The predicted octanol–water partition coefficient (Wildman–Crippen LogP) is 3.34. The lowest BCUT2D eigenvalue weighted by Crippen LogP contribution is -2.44. The number of rotatable bonds is 0. The van der Waals surface area contributed by atoms with Gasteiger partial charge in [-0.1, -0.05) is 29.8 Å². The molecule has 0 heterocycles. The fourth-order valence-corrected chi connectivity index (χ4v) is 4.62. The molecule has 0 aromatic heterocycles. The van der Waals surface area contributed by atoms with Gasteiger partial charge in [0, 0.05) is 6.42 Å². The Balaban J connectivity index is 2.58. The summed E-state index contributed by atoms with van der Waals surface area (Å²) >= 11 is 9.90. The Labute approximate surface area is 92.3 Å². The fraction of sp³-hybridized carbons (Fsp3) is 0.900. The highest BCUT2D eigenvalue weighted by Crippen LogP contribution is 2.71. The Bertz CT molecular complexity index is 285. The average molecular weight is 266 g/mol. The maximum absolute atomic E-state index is 11.9. The van der Waals surface area contributed by atoms with Gasteiger partial charge in [0.15, 0.2) is 0 Å². The summed E-state index contributed by atoms with van der Waals surface area (Å²) < 4.78 is -0.510. The first-order valence-corrected chi connectivity index (χ1v) is 5.82. The molecular formula is C10H14BrClO. The van der Waals surface area contributed by atoms with Crippen LogP contribution in [0.5, 0.6) is 0 Å². The Morgan fingerprint density at radius 1 is 1.46 bits per heavy atom. The maximum Gasteiger partial charge on any atom is 0.142 e. The second-order valence-corrected chi connectivity index (χ2v) is 7.53. The lowest BCUT2D eigenvalue weighted by molar-refractivity contribution is -0.128. The Morgan fingerprint density at radius 2 is 2.00 bits per heavy atom. The van der Waals surface area contributed by atoms with Crippen LogP contribution >= 0.6 is 27.5 Å². The van der Waals surface area contributed by atoms with Crippen LogP contribution in [0.4, 0.5) is 0 Å². The standard InChI is InChI=1S/C10H14BrClO/c1-8(2)6-4-7(13)9(8,3)10(11,12)5-6/h6H,4-5H2,1-3H3. The summed E-state index contributed by atoms with van der Waals surface area (Å²) in [6.07, 6.45) is 1.62. The highest BCUT2D eigenvalue weighted by molar-refractivity contribution is 9.10. The van der Waals surface area contributed by atoms with Gasteiger partial charge in [-0.15, -0.1) is 11.6 Å². The third-order valence-corrected chi connectivity index (χ3v) is 6.18. The van der Waals surface area contributed by atoms with E-state index in [2.05, 4.69) is 29.8 Å². The first-order valence-electron chi connectivity index (χ1n) is 4.64. The lowest BCUT2D eigenvalue weighted by Gasteiger charge is -2.39. The van der Waals surface area contributed by atoms with E-state index in [-0.39, 0.29) is 5.41 Å². The summed E-state index contributed by atoms with van der Waals surface area (Å²) in [6.45, 7) is 6.33. The molecule has 3 unspecified atom stereocenters. The van der Waals surface area contributed by atoms with Crippen molar-refractivity contribution in [3.63, 3.8) is 0 Å². The highest BCUT2D eigenvalue weighted by Gasteiger charge is 2.72. The third-order valence-electron chi connectivity index (χ3n) is 4.53. The molecule has 2 bridgehead atoms. The molecule has 0 aliphatic heterocycles. The van der Waals surface area contributed by atoms with Gasteiger partial charge in [0.25, 0.3) is 0 Å². The number of ketones is 1. The van der Waals surface area contributed by atoms with Crippen LogP contribution in [0.15, 0.2) is 0 Å². The number of Topliss-reactive ketones (excluding diaryl/α,β-unsaturated/α-hetero) is 1. The van der Waals surface area contributed by atoms with Crippen LogP contribution in [0, 0.1) is 16.7 Å². The van der Waals surface area contributed by atoms with E-state index in [9.17, 15) is 4.79 Å². The van der Waals surface area contributed by atoms with Gasteiger partial charge in [0.05, 0.1) is 5.41 Å². The molecule has 0 N–H and O–H groups in total. The van der Waals surface area contributed by atoms with Gasteiger partial charge in [0.1, 0.15) is 9.57 Å². The summed E-state index contributed by atoms with van der Waals surface area (Å²) in [7, 11) is 0. The molecule has 3 heteroatoms. The quantitative estimate of drug-likeness (QED) is 0.614. The molecule has 0 saturated heterocycles. The Hall–Kier alpha value is 0.440. The molecule has 0 aromatic rings. The molecule has 2 rings (SSSR count). The van der Waals surface area contributed by atoms with Crippen LogP contribution in [0.1, 0.15) is 33.6 Å². The minimum atomic E-state index is -0.510. The maximum atomic E-state index is 11.9. The van der Waals surface area contributed by atoms with Crippen molar-refractivity contribution in [2.75, 3.05) is 0 Å². The van der Waals surface area contributed by atoms with Gasteiger partial charge in [-0.05, 0) is 24.7 Å². The largest absolute Gasteiger partial charge is 0.299 e. The minimum absolute atomic E-state index is 0.0370. The zero-order valence-electron chi connectivity index (χ0n) is 8.16.